The zero-order valence-electron chi connectivity index (χ0n) is 25.7. The molecule has 244 valence electrons. The molecule has 0 aromatic heterocycles. The zero-order chi connectivity index (χ0) is 32.5. The number of rotatable bonds is 18. The molecule has 4 aromatic rings. The molecule has 0 spiro atoms. The number of ether oxygens (including phenoxy) is 4. The Balaban J connectivity index is 1.52. The van der Waals surface area contributed by atoms with Crippen molar-refractivity contribution in [2.45, 2.75) is 37.5 Å². The second-order valence-electron chi connectivity index (χ2n) is 11.0. The van der Waals surface area contributed by atoms with E-state index < -0.39 is 11.8 Å². The summed E-state index contributed by atoms with van der Waals surface area (Å²) in [7, 11) is 0. The van der Waals surface area contributed by atoms with E-state index in [1.54, 1.807) is 42.5 Å². The molecule has 0 bridgehead atoms. The number of hydrogen-bond acceptors (Lipinski definition) is 10. The quantitative estimate of drug-likeness (QED) is 0.0934. The third kappa shape index (κ3) is 6.80. The molecule has 0 atom stereocenters. The Bertz CT molecular complexity index is 1620. The van der Waals surface area contributed by atoms with E-state index in [9.17, 15) is 30.0 Å². The molecule has 10 heteroatoms. The number of Topliss-reactive ketones (excluding diaryl/α,β-unsaturated/α-hetero) is 2. The molecular weight excluding hydrogens is 592 g/mol. The summed E-state index contributed by atoms with van der Waals surface area (Å²) in [6.07, 6.45) is 2.52. The van der Waals surface area contributed by atoms with E-state index in [1.807, 2.05) is 18.2 Å². The number of benzene rings is 4. The van der Waals surface area contributed by atoms with Gasteiger partial charge in [0.25, 0.3) is 0 Å². The highest BCUT2D eigenvalue weighted by Gasteiger charge is 2.51. The normalized spacial score (nSPS) is 16.1. The minimum Gasteiger partial charge on any atom is -0.493 e. The van der Waals surface area contributed by atoms with Crippen LogP contribution in [0.15, 0.2) is 60.7 Å². The standard InChI is InChI=1S/C36H40O10/c37-15-1-3-19-43-27-9-5-7-23-25(11-13-29(31(23)27)44-20-4-2-16-38)33-35(41)34(36(33)42)26-12-14-30(46-22-18-40)32-24(26)8-6-10-28(32)45-21-17-39/h5-14,33-34,37-40H,1-4,15-22H2. The molecule has 1 saturated carbocycles. The SMILES string of the molecule is O=C1C(c2ccc(OCCO)c3c(OCCO)cccc23)C(=O)C1c1ccc(OCCCCO)c2c(OCCCCO)cccc12. The van der Waals surface area contributed by atoms with E-state index in [1.165, 1.54) is 0 Å². The van der Waals surface area contributed by atoms with Gasteiger partial charge in [0, 0.05) is 13.2 Å². The number of carbonyl (C=O) groups is 2. The van der Waals surface area contributed by atoms with Gasteiger partial charge < -0.3 is 39.4 Å². The first-order valence-corrected chi connectivity index (χ1v) is 15.7. The number of carbonyl (C=O) groups excluding carboxylic acids is 2. The van der Waals surface area contributed by atoms with Crippen molar-refractivity contribution in [2.24, 2.45) is 0 Å². The summed E-state index contributed by atoms with van der Waals surface area (Å²) in [5.74, 6) is -0.443. The van der Waals surface area contributed by atoms with Gasteiger partial charge in [-0.25, -0.2) is 0 Å². The minimum absolute atomic E-state index is 0.0491. The van der Waals surface area contributed by atoms with Crippen LogP contribution in [0, 0.1) is 0 Å². The lowest BCUT2D eigenvalue weighted by atomic mass is 9.64. The lowest BCUT2D eigenvalue weighted by molar-refractivity contribution is -0.142. The fourth-order valence-electron chi connectivity index (χ4n) is 5.95. The van der Waals surface area contributed by atoms with Gasteiger partial charge in [-0.1, -0.05) is 36.4 Å². The highest BCUT2D eigenvalue weighted by Crippen LogP contribution is 2.49. The molecule has 0 amide bonds. The molecule has 0 aliphatic heterocycles. The van der Waals surface area contributed by atoms with Crippen LogP contribution in [-0.2, 0) is 9.59 Å². The number of unbranched alkanes of at least 4 members (excludes halogenated alkanes) is 2. The van der Waals surface area contributed by atoms with Crippen LogP contribution in [0.4, 0.5) is 0 Å². The van der Waals surface area contributed by atoms with Crippen LogP contribution < -0.4 is 18.9 Å². The molecule has 4 aromatic carbocycles. The van der Waals surface area contributed by atoms with Crippen molar-refractivity contribution in [1.29, 1.82) is 0 Å². The monoisotopic (exact) mass is 632 g/mol. The largest absolute Gasteiger partial charge is 0.493 e. The van der Waals surface area contributed by atoms with E-state index in [0.29, 0.717) is 94.6 Å². The number of ketones is 2. The molecule has 1 aliphatic rings. The Hall–Kier alpha value is -4.22. The average molecular weight is 633 g/mol. The third-order valence-electron chi connectivity index (χ3n) is 8.07. The van der Waals surface area contributed by atoms with Crippen LogP contribution in [0.3, 0.4) is 0 Å². The van der Waals surface area contributed by atoms with Crippen molar-refractivity contribution < 1.29 is 49.0 Å². The van der Waals surface area contributed by atoms with Crippen molar-refractivity contribution in [3.63, 3.8) is 0 Å². The predicted molar refractivity (Wildman–Crippen MR) is 172 cm³/mol. The van der Waals surface area contributed by atoms with Crippen molar-refractivity contribution in [3.05, 3.63) is 71.8 Å². The molecule has 1 fully saturated rings. The first-order chi connectivity index (χ1) is 22.5. The lowest BCUT2D eigenvalue weighted by Crippen LogP contribution is -2.44. The molecule has 4 N–H and O–H groups in total. The van der Waals surface area contributed by atoms with Gasteiger partial charge in [0.1, 0.15) is 48.0 Å². The number of hydrogen-bond donors (Lipinski definition) is 4. The predicted octanol–water partition coefficient (Wildman–Crippen LogP) is 4.06. The van der Waals surface area contributed by atoms with E-state index >= 15 is 0 Å². The van der Waals surface area contributed by atoms with Crippen LogP contribution in [0.5, 0.6) is 23.0 Å². The van der Waals surface area contributed by atoms with Crippen LogP contribution in [-0.4, -0.2) is 84.8 Å². The van der Waals surface area contributed by atoms with Crippen molar-refractivity contribution in [1.82, 2.24) is 0 Å². The van der Waals surface area contributed by atoms with Gasteiger partial charge in [-0.15, -0.1) is 0 Å². The van der Waals surface area contributed by atoms with Gasteiger partial charge in [-0.3, -0.25) is 9.59 Å². The number of aliphatic hydroxyl groups is 4. The van der Waals surface area contributed by atoms with E-state index in [4.69, 9.17) is 18.9 Å². The molecule has 0 heterocycles. The summed E-state index contributed by atoms with van der Waals surface area (Å²) < 4.78 is 23.7. The van der Waals surface area contributed by atoms with Gasteiger partial charge in [0.05, 0.1) is 37.2 Å². The summed E-state index contributed by atoms with van der Waals surface area (Å²) in [5, 5.41) is 39.5. The molecule has 0 radical (unpaired) electrons. The maximum absolute atomic E-state index is 14.0. The molecule has 10 nitrogen and oxygen atoms in total. The summed E-state index contributed by atoms with van der Waals surface area (Å²) >= 11 is 0. The number of fused-ring (bicyclic) bond motifs is 2. The smallest absolute Gasteiger partial charge is 0.162 e. The van der Waals surface area contributed by atoms with Crippen molar-refractivity contribution >= 4 is 33.1 Å². The summed E-state index contributed by atoms with van der Waals surface area (Å²) in [4.78, 5) is 27.9. The van der Waals surface area contributed by atoms with Crippen LogP contribution in [0.1, 0.15) is 48.6 Å². The maximum Gasteiger partial charge on any atom is 0.162 e. The van der Waals surface area contributed by atoms with E-state index in [-0.39, 0.29) is 51.2 Å². The highest BCUT2D eigenvalue weighted by atomic mass is 16.5. The Morgan fingerprint density at radius 1 is 0.457 bits per heavy atom. The van der Waals surface area contributed by atoms with Crippen LogP contribution >= 0.6 is 0 Å². The van der Waals surface area contributed by atoms with Crippen LogP contribution in [0.2, 0.25) is 0 Å². The molecule has 46 heavy (non-hydrogen) atoms. The summed E-state index contributed by atoms with van der Waals surface area (Å²) in [6, 6.07) is 17.7. The Morgan fingerprint density at radius 3 is 1.24 bits per heavy atom. The minimum atomic E-state index is -0.991. The average Bonchev–Trinajstić information content (AvgIpc) is 3.08. The fourth-order valence-corrected chi connectivity index (χ4v) is 5.95. The lowest BCUT2D eigenvalue weighted by Gasteiger charge is -2.34. The van der Waals surface area contributed by atoms with Gasteiger partial charge in [-0.2, -0.15) is 0 Å². The third-order valence-corrected chi connectivity index (χ3v) is 8.07. The number of aliphatic hydroxyl groups excluding tert-OH is 4. The summed E-state index contributed by atoms with van der Waals surface area (Å²) in [6.45, 7) is 0.611. The van der Waals surface area contributed by atoms with E-state index in [0.717, 1.165) is 0 Å². The first-order valence-electron chi connectivity index (χ1n) is 15.7. The zero-order valence-corrected chi connectivity index (χ0v) is 25.7. The van der Waals surface area contributed by atoms with E-state index in [2.05, 4.69) is 0 Å². The molecule has 0 saturated heterocycles. The second-order valence-corrected chi connectivity index (χ2v) is 11.0. The second kappa shape index (κ2) is 15.9. The molecule has 5 rings (SSSR count). The maximum atomic E-state index is 14.0. The molecule has 0 unspecified atom stereocenters. The highest BCUT2D eigenvalue weighted by molar-refractivity contribution is 6.33. The van der Waals surface area contributed by atoms with Crippen molar-refractivity contribution in [2.75, 3.05) is 52.9 Å². The van der Waals surface area contributed by atoms with Gasteiger partial charge >= 0.3 is 0 Å². The van der Waals surface area contributed by atoms with Gasteiger partial charge in [0.15, 0.2) is 11.6 Å². The van der Waals surface area contributed by atoms with Crippen LogP contribution in [0.25, 0.3) is 21.5 Å². The van der Waals surface area contributed by atoms with Crippen molar-refractivity contribution in [3.8, 4) is 23.0 Å². The Labute approximate surface area is 267 Å². The Morgan fingerprint density at radius 2 is 0.848 bits per heavy atom. The Kier molecular flexibility index (Phi) is 11.4. The fraction of sp³-hybridized carbons (Fsp3) is 0.389. The molecular formula is C36H40O10. The molecule has 1 aliphatic carbocycles. The first kappa shape index (κ1) is 33.2. The van der Waals surface area contributed by atoms with Gasteiger partial charge in [-0.05, 0) is 71.8 Å². The van der Waals surface area contributed by atoms with Gasteiger partial charge in [0.2, 0.25) is 0 Å². The summed E-state index contributed by atoms with van der Waals surface area (Å²) in [5.41, 5.74) is 1.11. The topological polar surface area (TPSA) is 152 Å².